The molecule has 0 aliphatic heterocycles. The molecular weight excluding hydrogens is 236 g/mol. The van der Waals surface area contributed by atoms with Gasteiger partial charge in [-0.05, 0) is 31.9 Å². The molecule has 1 aromatic rings. The van der Waals surface area contributed by atoms with E-state index in [0.717, 1.165) is 0 Å². The molecule has 1 heteroatoms. The highest BCUT2D eigenvalue weighted by Crippen LogP contribution is 2.06. The van der Waals surface area contributed by atoms with Crippen LogP contribution in [0.1, 0.15) is 25.0 Å². The normalized spacial score (nSPS) is 7.64. The molecule has 1 aromatic carbocycles. The van der Waals surface area contributed by atoms with E-state index in [-0.39, 0.29) is 17.0 Å². The lowest BCUT2D eigenvalue weighted by atomic mass is 10.1. The molecule has 0 radical (unpaired) electrons. The van der Waals surface area contributed by atoms with E-state index in [4.69, 9.17) is 0 Å². The Balaban J connectivity index is 0. The number of allylic oxidation sites excluding steroid dienone is 1. The monoisotopic (exact) mass is 254 g/mol. The predicted octanol–water partition coefficient (Wildman–Crippen LogP) is 4.80. The number of hydrogen-bond donors (Lipinski definition) is 0. The maximum absolute atomic E-state index is 3.69. The first kappa shape index (κ1) is 15.6. The molecule has 0 N–H and O–H groups in total. The quantitative estimate of drug-likeness (QED) is 0.632. The first-order valence-electron chi connectivity index (χ1n) is 4.38. The van der Waals surface area contributed by atoms with Crippen LogP contribution in [-0.2, 0) is 0 Å². The summed E-state index contributed by atoms with van der Waals surface area (Å²) in [7, 11) is 0. The molecule has 78 valence electrons. The van der Waals surface area contributed by atoms with Gasteiger partial charge < -0.3 is 0 Å². The summed E-state index contributed by atoms with van der Waals surface area (Å²) in [5.41, 5.74) is 3.67. The van der Waals surface area contributed by atoms with Crippen molar-refractivity contribution in [2.24, 2.45) is 0 Å². The van der Waals surface area contributed by atoms with Crippen molar-refractivity contribution < 1.29 is 0 Å². The molecule has 0 heterocycles. The molecule has 0 nitrogen and oxygen atoms in total. The second-order valence-electron chi connectivity index (χ2n) is 3.27. The van der Waals surface area contributed by atoms with Crippen LogP contribution in [-0.4, -0.2) is 0 Å². The van der Waals surface area contributed by atoms with Gasteiger partial charge in [0, 0.05) is 0 Å². The van der Waals surface area contributed by atoms with Crippen LogP contribution in [0.2, 0.25) is 0 Å². The van der Waals surface area contributed by atoms with E-state index in [9.17, 15) is 0 Å². The summed E-state index contributed by atoms with van der Waals surface area (Å²) < 4.78 is 0. The summed E-state index contributed by atoms with van der Waals surface area (Å²) in [6.45, 7) is 13.3. The van der Waals surface area contributed by atoms with Gasteiger partial charge in [0.2, 0.25) is 0 Å². The summed E-state index contributed by atoms with van der Waals surface area (Å²) in [4.78, 5) is 0. The third kappa shape index (κ3) is 7.81. The first-order valence-corrected chi connectivity index (χ1v) is 4.38. The highest BCUT2D eigenvalue weighted by atomic mass is 79.9. The fraction of sp³-hybridized carbons (Fsp3) is 0.231. The average Bonchev–Trinajstić information content (AvgIpc) is 2.04. The molecule has 14 heavy (non-hydrogen) atoms. The van der Waals surface area contributed by atoms with Crippen molar-refractivity contribution in [3.8, 4) is 0 Å². The van der Waals surface area contributed by atoms with E-state index in [1.54, 1.807) is 0 Å². The minimum Gasteiger partial charge on any atom is -0.114 e. The summed E-state index contributed by atoms with van der Waals surface area (Å²) in [5, 5.41) is 0. The van der Waals surface area contributed by atoms with Crippen LogP contribution in [0.15, 0.2) is 43.0 Å². The standard InChI is InChI=1S/C9H10.C4H8.BrH/c1-3-9-7-5-4-6-8(9)2;1-4(2)3;/h3-7H,1H2,2H3;1H2,2-3H3;1H. The van der Waals surface area contributed by atoms with Gasteiger partial charge in [0.15, 0.2) is 0 Å². The predicted molar refractivity (Wildman–Crippen MR) is 72.1 cm³/mol. The van der Waals surface area contributed by atoms with Gasteiger partial charge in [-0.25, -0.2) is 0 Å². The Morgan fingerprint density at radius 1 is 1.21 bits per heavy atom. The maximum Gasteiger partial charge on any atom is -0.0233 e. The highest BCUT2D eigenvalue weighted by molar-refractivity contribution is 8.93. The van der Waals surface area contributed by atoms with Gasteiger partial charge in [0.25, 0.3) is 0 Å². The Labute approximate surface area is 98.1 Å². The number of benzene rings is 1. The molecule has 0 aromatic heterocycles. The Morgan fingerprint density at radius 3 is 1.93 bits per heavy atom. The zero-order valence-electron chi connectivity index (χ0n) is 9.21. The summed E-state index contributed by atoms with van der Waals surface area (Å²) in [5.74, 6) is 0. The third-order valence-corrected chi connectivity index (χ3v) is 1.41. The number of aryl methyl sites for hydroxylation is 1. The molecule has 0 atom stereocenters. The molecule has 0 saturated heterocycles. The third-order valence-electron chi connectivity index (χ3n) is 1.41. The average molecular weight is 255 g/mol. The molecule has 0 aliphatic rings. The number of hydrogen-bond acceptors (Lipinski definition) is 0. The molecular formula is C13H19Br. The van der Waals surface area contributed by atoms with E-state index in [1.165, 1.54) is 16.7 Å². The fourth-order valence-electron chi connectivity index (χ4n) is 0.816. The van der Waals surface area contributed by atoms with Gasteiger partial charge in [-0.15, -0.1) is 23.6 Å². The largest absolute Gasteiger partial charge is 0.114 e. The molecule has 0 amide bonds. The minimum absolute atomic E-state index is 0. The van der Waals surface area contributed by atoms with Crippen molar-refractivity contribution in [2.45, 2.75) is 20.8 Å². The second kappa shape index (κ2) is 8.76. The van der Waals surface area contributed by atoms with Crippen LogP contribution in [0.25, 0.3) is 6.08 Å². The van der Waals surface area contributed by atoms with Crippen LogP contribution in [0, 0.1) is 6.92 Å². The number of rotatable bonds is 1. The van der Waals surface area contributed by atoms with Crippen LogP contribution in [0.3, 0.4) is 0 Å². The second-order valence-corrected chi connectivity index (χ2v) is 3.27. The highest BCUT2D eigenvalue weighted by Gasteiger charge is 1.86. The van der Waals surface area contributed by atoms with E-state index in [0.29, 0.717) is 0 Å². The fourth-order valence-corrected chi connectivity index (χ4v) is 0.816. The van der Waals surface area contributed by atoms with E-state index in [1.807, 2.05) is 32.1 Å². The lowest BCUT2D eigenvalue weighted by molar-refractivity contribution is 1.42. The Bertz CT molecular complexity index is 283. The van der Waals surface area contributed by atoms with Gasteiger partial charge in [-0.3, -0.25) is 0 Å². The molecule has 0 bridgehead atoms. The van der Waals surface area contributed by atoms with Gasteiger partial charge in [0.05, 0.1) is 0 Å². The van der Waals surface area contributed by atoms with Crippen molar-refractivity contribution in [3.05, 3.63) is 54.1 Å². The molecule has 0 spiro atoms. The van der Waals surface area contributed by atoms with Crippen LogP contribution >= 0.6 is 17.0 Å². The van der Waals surface area contributed by atoms with Crippen molar-refractivity contribution in [3.63, 3.8) is 0 Å². The SMILES string of the molecule is Br.C=C(C)C.C=Cc1ccccc1C. The van der Waals surface area contributed by atoms with Gasteiger partial charge in [-0.2, -0.15) is 0 Å². The molecule has 0 fully saturated rings. The smallest absolute Gasteiger partial charge is 0.0233 e. The number of halogens is 1. The Kier molecular flexibility index (Phi) is 9.79. The van der Waals surface area contributed by atoms with Gasteiger partial charge in [0.1, 0.15) is 0 Å². The van der Waals surface area contributed by atoms with E-state index >= 15 is 0 Å². The van der Waals surface area contributed by atoms with Crippen molar-refractivity contribution in [2.75, 3.05) is 0 Å². The zero-order chi connectivity index (χ0) is 10.3. The summed E-state index contributed by atoms with van der Waals surface area (Å²) in [6, 6.07) is 8.19. The summed E-state index contributed by atoms with van der Waals surface area (Å²) in [6.07, 6.45) is 1.87. The molecule has 1 rings (SSSR count). The van der Waals surface area contributed by atoms with Gasteiger partial charge >= 0.3 is 0 Å². The van der Waals surface area contributed by atoms with Crippen molar-refractivity contribution in [1.82, 2.24) is 0 Å². The first-order chi connectivity index (χ1) is 6.07. The zero-order valence-corrected chi connectivity index (χ0v) is 10.9. The Morgan fingerprint density at radius 2 is 1.64 bits per heavy atom. The molecule has 0 saturated carbocycles. The van der Waals surface area contributed by atoms with E-state index < -0.39 is 0 Å². The van der Waals surface area contributed by atoms with Crippen LogP contribution in [0.5, 0.6) is 0 Å². The van der Waals surface area contributed by atoms with Crippen LogP contribution < -0.4 is 0 Å². The van der Waals surface area contributed by atoms with Gasteiger partial charge in [-0.1, -0.05) is 42.5 Å². The maximum atomic E-state index is 3.69. The summed E-state index contributed by atoms with van der Waals surface area (Å²) >= 11 is 0. The minimum atomic E-state index is 0. The van der Waals surface area contributed by atoms with E-state index in [2.05, 4.69) is 32.2 Å². The molecule has 0 unspecified atom stereocenters. The van der Waals surface area contributed by atoms with Crippen molar-refractivity contribution >= 4 is 23.1 Å². The Hall–Kier alpha value is -0.820. The van der Waals surface area contributed by atoms with Crippen LogP contribution in [0.4, 0.5) is 0 Å². The lowest BCUT2D eigenvalue weighted by Gasteiger charge is -1.95. The lowest BCUT2D eigenvalue weighted by Crippen LogP contribution is -1.75. The van der Waals surface area contributed by atoms with Crippen molar-refractivity contribution in [1.29, 1.82) is 0 Å². The molecule has 0 aliphatic carbocycles. The topological polar surface area (TPSA) is 0 Å².